The van der Waals surface area contributed by atoms with Crippen molar-refractivity contribution in [2.45, 2.75) is 11.8 Å². The van der Waals surface area contributed by atoms with Gasteiger partial charge in [-0.25, -0.2) is 8.78 Å². The molecule has 5 rings (SSSR count). The van der Waals surface area contributed by atoms with Gasteiger partial charge in [0.25, 0.3) is 5.91 Å². The van der Waals surface area contributed by atoms with Crippen LogP contribution in [-0.2, 0) is 19.3 Å². The summed E-state index contributed by atoms with van der Waals surface area (Å²) in [4.78, 5) is 41.2. The smallest absolute Gasteiger partial charge is 0.269 e. The van der Waals surface area contributed by atoms with E-state index < -0.39 is 34.9 Å². The molecule has 2 aliphatic rings. The zero-order chi connectivity index (χ0) is 24.0. The van der Waals surface area contributed by atoms with Crippen LogP contribution in [0.3, 0.4) is 0 Å². The van der Waals surface area contributed by atoms with E-state index in [1.807, 2.05) is 25.1 Å². The second-order valence-corrected chi connectivity index (χ2v) is 9.25. The molecule has 0 aromatic heterocycles. The Morgan fingerprint density at radius 3 is 2.62 bits per heavy atom. The maximum absolute atomic E-state index is 14.0. The highest BCUT2D eigenvalue weighted by atomic mass is 32.2. The Bertz CT molecular complexity index is 1350. The lowest BCUT2D eigenvalue weighted by atomic mass is 10.0. The molecule has 0 aliphatic carbocycles. The minimum atomic E-state index is -1.34. The number of fused-ring (bicyclic) bond motifs is 2. The van der Waals surface area contributed by atoms with E-state index in [-0.39, 0.29) is 17.3 Å². The van der Waals surface area contributed by atoms with Gasteiger partial charge in [0.1, 0.15) is 18.2 Å². The van der Waals surface area contributed by atoms with Gasteiger partial charge in [-0.3, -0.25) is 24.2 Å². The van der Waals surface area contributed by atoms with Gasteiger partial charge in [-0.1, -0.05) is 30.3 Å². The minimum absolute atomic E-state index is 0.106. The van der Waals surface area contributed by atoms with Crippen LogP contribution in [0.1, 0.15) is 11.1 Å². The molecule has 2 aliphatic heterocycles. The van der Waals surface area contributed by atoms with Gasteiger partial charge in [0.05, 0.1) is 17.1 Å². The van der Waals surface area contributed by atoms with Gasteiger partial charge in [-0.2, -0.15) is 0 Å². The van der Waals surface area contributed by atoms with Crippen LogP contribution >= 0.6 is 11.8 Å². The molecule has 3 aromatic rings. The second-order valence-electron chi connectivity index (χ2n) is 8.08. The summed E-state index contributed by atoms with van der Waals surface area (Å²) >= 11 is 1.21. The quantitative estimate of drug-likeness (QED) is 0.609. The molecular formula is C25H19F2N3O3S. The topological polar surface area (TPSA) is 69.7 Å². The van der Waals surface area contributed by atoms with Gasteiger partial charge < -0.3 is 5.32 Å². The third-order valence-electron chi connectivity index (χ3n) is 5.83. The summed E-state index contributed by atoms with van der Waals surface area (Å²) in [7, 11) is 0. The first-order valence-corrected chi connectivity index (χ1v) is 11.5. The van der Waals surface area contributed by atoms with Crippen molar-refractivity contribution >= 4 is 46.5 Å². The first-order chi connectivity index (χ1) is 16.3. The molecular weight excluding hydrogens is 460 g/mol. The van der Waals surface area contributed by atoms with Crippen molar-refractivity contribution in [1.82, 2.24) is 0 Å². The van der Waals surface area contributed by atoms with Gasteiger partial charge in [-0.05, 0) is 42.8 Å². The lowest BCUT2D eigenvalue weighted by Crippen LogP contribution is -2.50. The van der Waals surface area contributed by atoms with E-state index >= 15 is 0 Å². The molecule has 3 aromatic carbocycles. The van der Waals surface area contributed by atoms with E-state index in [1.165, 1.54) is 21.6 Å². The fraction of sp³-hybridized carbons (Fsp3) is 0.160. The molecule has 0 radical (unpaired) electrons. The van der Waals surface area contributed by atoms with Gasteiger partial charge in [0.2, 0.25) is 16.7 Å². The predicted octanol–water partition coefficient (Wildman–Crippen LogP) is 4.19. The second kappa shape index (κ2) is 8.25. The Kier molecular flexibility index (Phi) is 5.36. The van der Waals surface area contributed by atoms with E-state index in [2.05, 4.69) is 5.32 Å². The molecule has 1 atom stereocenters. The monoisotopic (exact) mass is 479 g/mol. The highest BCUT2D eigenvalue weighted by Crippen LogP contribution is 2.55. The number of benzene rings is 3. The number of thioether (sulfide) groups is 1. The maximum Gasteiger partial charge on any atom is 0.269 e. The molecule has 0 unspecified atom stereocenters. The van der Waals surface area contributed by atoms with Crippen LogP contribution in [0.25, 0.3) is 0 Å². The number of nitrogens with one attached hydrogen (secondary N) is 1. The maximum atomic E-state index is 14.0. The summed E-state index contributed by atoms with van der Waals surface area (Å²) in [5.74, 6) is -2.86. The zero-order valence-electron chi connectivity index (χ0n) is 18.0. The van der Waals surface area contributed by atoms with Crippen LogP contribution in [0.4, 0.5) is 25.8 Å². The highest BCUT2D eigenvalue weighted by molar-refractivity contribution is 8.02. The zero-order valence-corrected chi connectivity index (χ0v) is 18.9. The summed E-state index contributed by atoms with van der Waals surface area (Å²) in [6.45, 7) is 1.50. The fourth-order valence-electron chi connectivity index (χ4n) is 4.40. The normalized spacial score (nSPS) is 19.1. The molecule has 172 valence electrons. The SMILES string of the molecule is Cc1cccc(N2C(=O)CS[C@]23C(=O)N(CC(=O)Nc2ccc(F)cc2F)c2ccccc23)c1. The number of nitrogens with zero attached hydrogens (tertiary/aromatic N) is 2. The molecule has 1 saturated heterocycles. The van der Waals surface area contributed by atoms with Gasteiger partial charge >= 0.3 is 0 Å². The highest BCUT2D eigenvalue weighted by Gasteiger charge is 2.61. The summed E-state index contributed by atoms with van der Waals surface area (Å²) in [5.41, 5.74) is 2.46. The summed E-state index contributed by atoms with van der Waals surface area (Å²) < 4.78 is 27.2. The molecule has 34 heavy (non-hydrogen) atoms. The standard InChI is InChI=1S/C25H19F2N3O3S/c1-15-5-4-6-17(11-15)30-23(32)14-34-25(30)18-7-2-3-8-21(18)29(24(25)33)13-22(31)28-20-10-9-16(26)12-19(20)27/h2-12H,13-14H2,1H3,(H,28,31)/t25-/m1/s1. The number of para-hydroxylation sites is 1. The number of rotatable bonds is 4. The number of anilines is 3. The number of hydrogen-bond acceptors (Lipinski definition) is 4. The molecule has 0 saturated carbocycles. The number of aryl methyl sites for hydroxylation is 1. The number of carbonyl (C=O) groups is 3. The molecule has 3 amide bonds. The van der Waals surface area contributed by atoms with E-state index in [0.717, 1.165) is 17.7 Å². The van der Waals surface area contributed by atoms with Crippen molar-refractivity contribution in [2.75, 3.05) is 27.4 Å². The average molecular weight is 480 g/mol. The van der Waals surface area contributed by atoms with Gasteiger partial charge in [0, 0.05) is 17.3 Å². The first-order valence-electron chi connectivity index (χ1n) is 10.5. The van der Waals surface area contributed by atoms with Crippen molar-refractivity contribution in [2.24, 2.45) is 0 Å². The molecule has 1 N–H and O–H groups in total. The van der Waals surface area contributed by atoms with E-state index in [9.17, 15) is 23.2 Å². The lowest BCUT2D eigenvalue weighted by Gasteiger charge is -2.33. The number of carbonyl (C=O) groups excluding carboxylic acids is 3. The van der Waals surface area contributed by atoms with Crippen LogP contribution in [-0.4, -0.2) is 30.0 Å². The molecule has 2 heterocycles. The van der Waals surface area contributed by atoms with Gasteiger partial charge in [-0.15, -0.1) is 11.8 Å². The summed E-state index contributed by atoms with van der Waals surface area (Å²) in [6.07, 6.45) is 0. The lowest BCUT2D eigenvalue weighted by molar-refractivity contribution is -0.124. The predicted molar refractivity (Wildman–Crippen MR) is 127 cm³/mol. The Balaban J connectivity index is 1.51. The number of halogens is 2. The van der Waals surface area contributed by atoms with E-state index in [0.29, 0.717) is 23.0 Å². The molecule has 9 heteroatoms. The summed E-state index contributed by atoms with van der Waals surface area (Å²) in [6, 6.07) is 17.2. The first kappa shape index (κ1) is 22.1. The molecule has 0 bridgehead atoms. The number of amides is 3. The molecule has 1 spiro atoms. The largest absolute Gasteiger partial charge is 0.322 e. The Morgan fingerprint density at radius 2 is 1.85 bits per heavy atom. The van der Waals surface area contributed by atoms with Crippen molar-refractivity contribution < 1.29 is 23.2 Å². The Labute approximate surface area is 198 Å². The van der Waals surface area contributed by atoms with Crippen molar-refractivity contribution in [3.05, 3.63) is 89.5 Å². The van der Waals surface area contributed by atoms with Crippen LogP contribution in [0.15, 0.2) is 66.7 Å². The van der Waals surface area contributed by atoms with Crippen LogP contribution in [0, 0.1) is 18.6 Å². The molecule has 6 nitrogen and oxygen atoms in total. The van der Waals surface area contributed by atoms with Crippen molar-refractivity contribution in [3.63, 3.8) is 0 Å². The minimum Gasteiger partial charge on any atom is -0.322 e. The average Bonchev–Trinajstić information content (AvgIpc) is 3.27. The third-order valence-corrected chi connectivity index (χ3v) is 7.22. The van der Waals surface area contributed by atoms with Crippen molar-refractivity contribution in [1.29, 1.82) is 0 Å². The van der Waals surface area contributed by atoms with Crippen molar-refractivity contribution in [3.8, 4) is 0 Å². The van der Waals surface area contributed by atoms with Crippen LogP contribution < -0.4 is 15.1 Å². The van der Waals surface area contributed by atoms with Gasteiger partial charge in [0.15, 0.2) is 0 Å². The molecule has 1 fully saturated rings. The Hall–Kier alpha value is -3.72. The number of hydrogen-bond donors (Lipinski definition) is 1. The third kappa shape index (κ3) is 3.43. The van der Waals surface area contributed by atoms with E-state index in [4.69, 9.17) is 0 Å². The summed E-state index contributed by atoms with van der Waals surface area (Å²) in [5, 5.41) is 2.39. The van der Waals surface area contributed by atoms with Crippen LogP contribution in [0.5, 0.6) is 0 Å². The fourth-order valence-corrected chi connectivity index (χ4v) is 5.76. The Morgan fingerprint density at radius 1 is 1.06 bits per heavy atom. The van der Waals surface area contributed by atoms with E-state index in [1.54, 1.807) is 30.3 Å². The van der Waals surface area contributed by atoms with Crippen LogP contribution in [0.2, 0.25) is 0 Å².